The van der Waals surface area contributed by atoms with Crippen LogP contribution in [-0.4, -0.2) is 4.57 Å². The normalized spacial score (nSPS) is 11.7. The lowest BCUT2D eigenvalue weighted by Gasteiger charge is -2.16. The van der Waals surface area contributed by atoms with E-state index in [0.29, 0.717) is 0 Å². The summed E-state index contributed by atoms with van der Waals surface area (Å²) in [4.78, 5) is 0. The maximum Gasteiger partial charge on any atom is 0.0541 e. The van der Waals surface area contributed by atoms with Crippen molar-refractivity contribution in [3.05, 3.63) is 164 Å². The van der Waals surface area contributed by atoms with Crippen LogP contribution in [0.15, 0.2) is 164 Å². The number of fused-ring (bicyclic) bond motifs is 8. The maximum absolute atomic E-state index is 2.39. The molecule has 1 nitrogen and oxygen atoms in total. The molecule has 0 spiro atoms. The molecule has 1 heterocycles. The highest BCUT2D eigenvalue weighted by Gasteiger charge is 2.17. The van der Waals surface area contributed by atoms with E-state index in [4.69, 9.17) is 0 Å². The van der Waals surface area contributed by atoms with Crippen molar-refractivity contribution in [2.45, 2.75) is 0 Å². The van der Waals surface area contributed by atoms with E-state index in [1.54, 1.807) is 0 Å². The number of hydrogen-bond acceptors (Lipinski definition) is 0. The average Bonchev–Trinajstić information content (AvgIpc) is 3.42. The molecule has 0 N–H and O–H groups in total. The molecule has 0 saturated heterocycles. The Morgan fingerprint density at radius 1 is 0.326 bits per heavy atom. The van der Waals surface area contributed by atoms with Crippen LogP contribution in [0, 0.1) is 0 Å². The van der Waals surface area contributed by atoms with Crippen LogP contribution in [0.25, 0.3) is 82.1 Å². The van der Waals surface area contributed by atoms with E-state index in [1.165, 1.54) is 82.1 Å². The Morgan fingerprint density at radius 3 is 1.81 bits per heavy atom. The average molecular weight is 546 g/mol. The van der Waals surface area contributed by atoms with Crippen molar-refractivity contribution in [1.29, 1.82) is 0 Å². The second kappa shape index (κ2) is 9.44. The van der Waals surface area contributed by atoms with Crippen molar-refractivity contribution >= 4 is 54.1 Å². The molecule has 9 aromatic rings. The minimum absolute atomic E-state index is 1.18. The first kappa shape index (κ1) is 24.0. The van der Waals surface area contributed by atoms with Crippen LogP contribution in [0.1, 0.15) is 0 Å². The minimum Gasteiger partial charge on any atom is -0.309 e. The van der Waals surface area contributed by atoms with Crippen molar-refractivity contribution in [2.24, 2.45) is 0 Å². The Labute approximate surface area is 249 Å². The Bertz CT molecular complexity index is 2500. The van der Waals surface area contributed by atoms with Crippen LogP contribution in [0.2, 0.25) is 0 Å². The summed E-state index contributed by atoms with van der Waals surface area (Å²) < 4.78 is 2.38. The van der Waals surface area contributed by atoms with E-state index < -0.39 is 0 Å². The SMILES string of the molecule is c1ccc(-n2c3ccccc3c3cc(-c4ccccc4-c4cc5ccc6ccccc6c5c5ccccc45)ccc32)cc1. The molecule has 0 saturated carbocycles. The van der Waals surface area contributed by atoms with Gasteiger partial charge in [0.05, 0.1) is 11.0 Å². The van der Waals surface area contributed by atoms with Crippen molar-refractivity contribution in [2.75, 3.05) is 0 Å². The Morgan fingerprint density at radius 2 is 0.953 bits per heavy atom. The van der Waals surface area contributed by atoms with Gasteiger partial charge in [-0.2, -0.15) is 0 Å². The molecule has 8 aromatic carbocycles. The first-order valence-electron chi connectivity index (χ1n) is 14.9. The van der Waals surface area contributed by atoms with Gasteiger partial charge in [-0.3, -0.25) is 0 Å². The number of rotatable bonds is 3. The summed E-state index contributed by atoms with van der Waals surface area (Å²) in [7, 11) is 0. The highest BCUT2D eigenvalue weighted by atomic mass is 15.0. The number of nitrogens with zero attached hydrogens (tertiary/aromatic N) is 1. The predicted octanol–water partition coefficient (Wildman–Crippen LogP) is 11.6. The highest BCUT2D eigenvalue weighted by molar-refractivity contribution is 6.23. The van der Waals surface area contributed by atoms with Gasteiger partial charge in [0, 0.05) is 16.5 Å². The van der Waals surface area contributed by atoms with Crippen molar-refractivity contribution in [1.82, 2.24) is 4.57 Å². The molecule has 0 amide bonds. The molecule has 0 radical (unpaired) electrons. The van der Waals surface area contributed by atoms with E-state index in [9.17, 15) is 0 Å². The lowest BCUT2D eigenvalue weighted by molar-refractivity contribution is 1.18. The first-order chi connectivity index (χ1) is 21.3. The quantitative estimate of drug-likeness (QED) is 0.195. The molecule has 1 aromatic heterocycles. The summed E-state index contributed by atoms with van der Waals surface area (Å²) in [5, 5.41) is 10.3. The number of hydrogen-bond donors (Lipinski definition) is 0. The van der Waals surface area contributed by atoms with Crippen molar-refractivity contribution in [3.63, 3.8) is 0 Å². The standard InChI is InChI=1S/C42H27N/c1-2-13-31(14-3-1)43-40-21-11-10-19-36(40)39-26-29(24-25-41(39)43)32-15-6-7-17-34(32)38-27-30-23-22-28-12-4-5-16-33(28)42(30)37-20-9-8-18-35(37)38/h1-27H. The molecule has 1 heteroatoms. The third-order valence-corrected chi connectivity index (χ3v) is 8.96. The van der Waals surface area contributed by atoms with Gasteiger partial charge in [0.25, 0.3) is 0 Å². The molecule has 200 valence electrons. The second-order valence-electron chi connectivity index (χ2n) is 11.3. The van der Waals surface area contributed by atoms with E-state index in [2.05, 4.69) is 168 Å². The Hall–Kier alpha value is -5.66. The largest absolute Gasteiger partial charge is 0.309 e. The zero-order chi connectivity index (χ0) is 28.3. The van der Waals surface area contributed by atoms with Crippen LogP contribution < -0.4 is 0 Å². The van der Waals surface area contributed by atoms with Crippen LogP contribution in [-0.2, 0) is 0 Å². The fraction of sp³-hybridized carbons (Fsp3) is 0. The molecule has 9 rings (SSSR count). The van der Waals surface area contributed by atoms with Crippen LogP contribution >= 0.6 is 0 Å². The molecule has 0 aliphatic carbocycles. The fourth-order valence-corrected chi connectivity index (χ4v) is 7.07. The van der Waals surface area contributed by atoms with Gasteiger partial charge in [0.2, 0.25) is 0 Å². The molecular formula is C42H27N. The molecule has 0 atom stereocenters. The van der Waals surface area contributed by atoms with Gasteiger partial charge >= 0.3 is 0 Å². The van der Waals surface area contributed by atoms with Crippen LogP contribution in [0.3, 0.4) is 0 Å². The van der Waals surface area contributed by atoms with Crippen LogP contribution in [0.4, 0.5) is 0 Å². The molecule has 0 aliphatic rings. The summed E-state index contributed by atoms with van der Waals surface area (Å²) in [6.45, 7) is 0. The molecule has 0 bridgehead atoms. The maximum atomic E-state index is 2.39. The number of aromatic nitrogens is 1. The molecule has 0 aliphatic heterocycles. The minimum atomic E-state index is 1.18. The van der Waals surface area contributed by atoms with Gasteiger partial charge in [-0.15, -0.1) is 0 Å². The third kappa shape index (κ3) is 3.65. The van der Waals surface area contributed by atoms with Crippen molar-refractivity contribution in [3.8, 4) is 27.9 Å². The molecule has 0 fully saturated rings. The van der Waals surface area contributed by atoms with E-state index in [0.717, 1.165) is 0 Å². The first-order valence-corrected chi connectivity index (χ1v) is 14.9. The fourth-order valence-electron chi connectivity index (χ4n) is 7.07. The second-order valence-corrected chi connectivity index (χ2v) is 11.3. The molecule has 0 unspecified atom stereocenters. The number of benzene rings is 8. The van der Waals surface area contributed by atoms with Gasteiger partial charge in [0.1, 0.15) is 0 Å². The highest BCUT2D eigenvalue weighted by Crippen LogP contribution is 2.42. The van der Waals surface area contributed by atoms with Gasteiger partial charge < -0.3 is 4.57 Å². The molecule has 43 heavy (non-hydrogen) atoms. The lowest BCUT2D eigenvalue weighted by Crippen LogP contribution is -1.93. The molecular weight excluding hydrogens is 518 g/mol. The van der Waals surface area contributed by atoms with Gasteiger partial charge in [-0.1, -0.05) is 127 Å². The van der Waals surface area contributed by atoms with Crippen LogP contribution in [0.5, 0.6) is 0 Å². The summed E-state index contributed by atoms with van der Waals surface area (Å²) in [6.07, 6.45) is 0. The van der Waals surface area contributed by atoms with E-state index in [-0.39, 0.29) is 0 Å². The smallest absolute Gasteiger partial charge is 0.0541 e. The van der Waals surface area contributed by atoms with Gasteiger partial charge in [0.15, 0.2) is 0 Å². The van der Waals surface area contributed by atoms with E-state index in [1.807, 2.05) is 0 Å². The summed E-state index contributed by atoms with van der Waals surface area (Å²) in [5.74, 6) is 0. The lowest BCUT2D eigenvalue weighted by atomic mass is 9.87. The topological polar surface area (TPSA) is 4.93 Å². The summed E-state index contributed by atoms with van der Waals surface area (Å²) in [6, 6.07) is 59.7. The van der Waals surface area contributed by atoms with Gasteiger partial charge in [-0.25, -0.2) is 0 Å². The monoisotopic (exact) mass is 545 g/mol. The van der Waals surface area contributed by atoms with Crippen molar-refractivity contribution < 1.29 is 0 Å². The van der Waals surface area contributed by atoms with E-state index >= 15 is 0 Å². The summed E-state index contributed by atoms with van der Waals surface area (Å²) >= 11 is 0. The zero-order valence-electron chi connectivity index (χ0n) is 23.5. The summed E-state index contributed by atoms with van der Waals surface area (Å²) in [5.41, 5.74) is 8.60. The zero-order valence-corrected chi connectivity index (χ0v) is 23.5. The predicted molar refractivity (Wildman–Crippen MR) is 184 cm³/mol. The Kier molecular flexibility index (Phi) is 5.27. The Balaban J connectivity index is 1.31. The third-order valence-electron chi connectivity index (χ3n) is 8.96. The number of para-hydroxylation sites is 2. The van der Waals surface area contributed by atoms with Gasteiger partial charge in [-0.05, 0) is 91.0 Å².